The van der Waals surface area contributed by atoms with Crippen LogP contribution in [0.25, 0.3) is 0 Å². The Hall–Kier alpha value is -2.29. The number of aryl methyl sites for hydroxylation is 1. The highest BCUT2D eigenvalue weighted by Crippen LogP contribution is 2.16. The molecule has 0 bridgehead atoms. The van der Waals surface area contributed by atoms with Crippen molar-refractivity contribution < 1.29 is 4.79 Å². The van der Waals surface area contributed by atoms with Gasteiger partial charge in [0.1, 0.15) is 0 Å². The number of benzene rings is 2. The molecule has 0 unspecified atom stereocenters. The van der Waals surface area contributed by atoms with E-state index in [1.165, 1.54) is 5.56 Å². The lowest BCUT2D eigenvalue weighted by Gasteiger charge is -2.06. The van der Waals surface area contributed by atoms with Crippen LogP contribution in [0.3, 0.4) is 0 Å². The lowest BCUT2D eigenvalue weighted by molar-refractivity contribution is -0.106. The van der Waals surface area contributed by atoms with E-state index < -0.39 is 0 Å². The van der Waals surface area contributed by atoms with Gasteiger partial charge in [-0.3, -0.25) is 4.79 Å². The van der Waals surface area contributed by atoms with Crippen LogP contribution in [0.15, 0.2) is 54.6 Å². The summed E-state index contributed by atoms with van der Waals surface area (Å²) >= 11 is 0. The fraction of sp³-hybridized carbons (Fsp3) is 0.0714. The maximum absolute atomic E-state index is 8.58. The van der Waals surface area contributed by atoms with Crippen LogP contribution in [0, 0.1) is 6.92 Å². The fourth-order valence-corrected chi connectivity index (χ4v) is 1.41. The molecule has 17 heavy (non-hydrogen) atoms. The van der Waals surface area contributed by atoms with Crippen LogP contribution < -0.4 is 11.1 Å². The zero-order chi connectivity index (χ0) is 12.5. The number of carbonyl (C=O) groups excluding carboxylic acids is 1. The summed E-state index contributed by atoms with van der Waals surface area (Å²) in [5.74, 6) is 0. The molecule has 1 amide bonds. The molecule has 0 spiro atoms. The van der Waals surface area contributed by atoms with Crippen LogP contribution in [0.2, 0.25) is 0 Å². The maximum atomic E-state index is 8.58. The smallest absolute Gasteiger partial charge is 0.204 e. The molecule has 0 aromatic heterocycles. The summed E-state index contributed by atoms with van der Waals surface area (Å²) in [7, 11) is 0. The summed E-state index contributed by atoms with van der Waals surface area (Å²) in [6.45, 7) is 2.09. The number of nitrogens with one attached hydrogen (secondary N) is 1. The highest BCUT2D eigenvalue weighted by atomic mass is 16.1. The Morgan fingerprint density at radius 1 is 1.00 bits per heavy atom. The number of anilines is 2. The summed E-state index contributed by atoms with van der Waals surface area (Å²) in [6.07, 6.45) is 0.250. The van der Waals surface area contributed by atoms with E-state index >= 15 is 0 Å². The normalized spacial score (nSPS) is 8.76. The molecule has 0 heterocycles. The Morgan fingerprint density at radius 3 is 2.18 bits per heavy atom. The molecule has 0 atom stereocenters. The van der Waals surface area contributed by atoms with Gasteiger partial charge >= 0.3 is 0 Å². The van der Waals surface area contributed by atoms with Gasteiger partial charge in [0.15, 0.2) is 0 Å². The number of carbonyl (C=O) groups is 1. The summed E-state index contributed by atoms with van der Waals surface area (Å²) < 4.78 is 0. The number of hydrogen-bond donors (Lipinski definition) is 2. The van der Waals surface area contributed by atoms with Crippen LogP contribution in [0.1, 0.15) is 5.56 Å². The minimum Gasteiger partial charge on any atom is -0.372 e. The van der Waals surface area contributed by atoms with E-state index in [1.54, 1.807) is 0 Å². The number of hydrogen-bond acceptors (Lipinski definition) is 2. The monoisotopic (exact) mass is 228 g/mol. The van der Waals surface area contributed by atoms with Crippen molar-refractivity contribution in [2.75, 3.05) is 5.32 Å². The first-order valence-corrected chi connectivity index (χ1v) is 5.30. The second-order valence-corrected chi connectivity index (χ2v) is 3.50. The van der Waals surface area contributed by atoms with Crippen molar-refractivity contribution in [1.29, 1.82) is 0 Å². The van der Waals surface area contributed by atoms with Gasteiger partial charge in [-0.1, -0.05) is 30.3 Å². The van der Waals surface area contributed by atoms with Crippen molar-refractivity contribution in [2.45, 2.75) is 6.92 Å². The van der Waals surface area contributed by atoms with Crippen molar-refractivity contribution in [3.05, 3.63) is 60.2 Å². The summed E-state index contributed by atoms with van der Waals surface area (Å²) in [4.78, 5) is 8.58. The second kappa shape index (κ2) is 7.06. The quantitative estimate of drug-likeness (QED) is 0.776. The minimum absolute atomic E-state index is 0.250. The summed E-state index contributed by atoms with van der Waals surface area (Å²) in [5, 5.41) is 3.34. The third-order valence-corrected chi connectivity index (χ3v) is 2.08. The Labute approximate surface area is 101 Å². The van der Waals surface area contributed by atoms with Crippen molar-refractivity contribution in [1.82, 2.24) is 0 Å². The van der Waals surface area contributed by atoms with Crippen molar-refractivity contribution in [2.24, 2.45) is 5.73 Å². The van der Waals surface area contributed by atoms with Gasteiger partial charge in [0, 0.05) is 11.4 Å². The number of rotatable bonds is 2. The molecule has 3 heteroatoms. The van der Waals surface area contributed by atoms with E-state index in [4.69, 9.17) is 4.79 Å². The molecule has 3 N–H and O–H groups in total. The van der Waals surface area contributed by atoms with Gasteiger partial charge in [-0.05, 0) is 36.8 Å². The van der Waals surface area contributed by atoms with E-state index in [0.29, 0.717) is 0 Å². The van der Waals surface area contributed by atoms with Gasteiger partial charge in [0.25, 0.3) is 0 Å². The zero-order valence-electron chi connectivity index (χ0n) is 9.76. The molecule has 2 rings (SSSR count). The molecule has 0 aliphatic rings. The molecular formula is C14H16N2O. The predicted octanol–water partition coefficient (Wildman–Crippen LogP) is 2.84. The highest BCUT2D eigenvalue weighted by molar-refractivity contribution is 5.59. The van der Waals surface area contributed by atoms with Gasteiger partial charge in [0.05, 0.1) is 0 Å². The Bertz CT molecular complexity index is 455. The standard InChI is InChI=1S/C13H13N.CH3NO/c1-11-6-5-9-13(10-11)14-12-7-3-2-4-8-12;2-1-3/h2-10,14H,1H3;1H,(H2,2,3). The first-order valence-electron chi connectivity index (χ1n) is 5.30. The largest absolute Gasteiger partial charge is 0.372 e. The molecule has 0 radical (unpaired) electrons. The number of primary amides is 1. The third kappa shape index (κ3) is 4.84. The topological polar surface area (TPSA) is 55.1 Å². The van der Waals surface area contributed by atoms with Crippen molar-refractivity contribution >= 4 is 17.8 Å². The van der Waals surface area contributed by atoms with Gasteiger partial charge in [-0.2, -0.15) is 0 Å². The predicted molar refractivity (Wildman–Crippen MR) is 71.2 cm³/mol. The van der Waals surface area contributed by atoms with E-state index in [2.05, 4.69) is 54.4 Å². The van der Waals surface area contributed by atoms with Crippen molar-refractivity contribution in [3.63, 3.8) is 0 Å². The molecule has 0 aliphatic carbocycles. The van der Waals surface area contributed by atoms with Crippen LogP contribution >= 0.6 is 0 Å². The van der Waals surface area contributed by atoms with E-state index in [9.17, 15) is 0 Å². The molecule has 88 valence electrons. The van der Waals surface area contributed by atoms with Gasteiger partial charge in [-0.15, -0.1) is 0 Å². The van der Waals surface area contributed by atoms with Crippen molar-refractivity contribution in [3.8, 4) is 0 Å². The number of nitrogens with two attached hydrogens (primary N) is 1. The molecule has 0 saturated carbocycles. The summed E-state index contributed by atoms with van der Waals surface area (Å²) in [5.41, 5.74) is 7.69. The maximum Gasteiger partial charge on any atom is 0.204 e. The van der Waals surface area contributed by atoms with E-state index in [-0.39, 0.29) is 6.41 Å². The third-order valence-electron chi connectivity index (χ3n) is 2.08. The summed E-state index contributed by atoms with van der Waals surface area (Å²) in [6, 6.07) is 18.5. The molecular weight excluding hydrogens is 212 g/mol. The van der Waals surface area contributed by atoms with Gasteiger partial charge in [0.2, 0.25) is 6.41 Å². The fourth-order valence-electron chi connectivity index (χ4n) is 1.41. The zero-order valence-corrected chi connectivity index (χ0v) is 9.76. The Morgan fingerprint density at radius 2 is 1.59 bits per heavy atom. The lowest BCUT2D eigenvalue weighted by atomic mass is 10.2. The molecule has 0 aliphatic heterocycles. The first-order chi connectivity index (χ1) is 8.26. The van der Waals surface area contributed by atoms with Crippen LogP contribution in [-0.2, 0) is 4.79 Å². The minimum atomic E-state index is 0.250. The highest BCUT2D eigenvalue weighted by Gasteiger charge is 1.92. The Balaban J connectivity index is 0.000000437. The lowest BCUT2D eigenvalue weighted by Crippen LogP contribution is -1.89. The SMILES string of the molecule is Cc1cccc(Nc2ccccc2)c1.NC=O. The van der Waals surface area contributed by atoms with Crippen LogP contribution in [0.5, 0.6) is 0 Å². The first kappa shape index (κ1) is 12.8. The Kier molecular flexibility index (Phi) is 5.31. The van der Waals surface area contributed by atoms with E-state index in [1.807, 2.05) is 18.2 Å². The molecule has 3 nitrogen and oxygen atoms in total. The average molecular weight is 228 g/mol. The molecule has 0 saturated heterocycles. The molecule has 2 aromatic carbocycles. The van der Waals surface area contributed by atoms with Gasteiger partial charge in [-0.25, -0.2) is 0 Å². The second-order valence-electron chi connectivity index (χ2n) is 3.50. The van der Waals surface area contributed by atoms with Crippen LogP contribution in [-0.4, -0.2) is 6.41 Å². The number of para-hydroxylation sites is 1. The van der Waals surface area contributed by atoms with Gasteiger partial charge < -0.3 is 11.1 Å². The average Bonchev–Trinajstić information content (AvgIpc) is 2.31. The van der Waals surface area contributed by atoms with Crippen LogP contribution in [0.4, 0.5) is 11.4 Å². The number of amides is 1. The van der Waals surface area contributed by atoms with E-state index in [0.717, 1.165) is 11.4 Å². The molecule has 0 fully saturated rings. The molecule has 2 aromatic rings.